The molecule has 9 heteroatoms. The maximum atomic E-state index is 12.6. The summed E-state index contributed by atoms with van der Waals surface area (Å²) in [7, 11) is 0. The van der Waals surface area contributed by atoms with Gasteiger partial charge in [-0.25, -0.2) is 4.98 Å². The number of pyridine rings is 1. The van der Waals surface area contributed by atoms with Crippen molar-refractivity contribution in [3.05, 3.63) is 53.7 Å². The number of carbonyl (C=O) groups excluding carboxylic acids is 1. The molecule has 3 aliphatic rings. The van der Waals surface area contributed by atoms with Gasteiger partial charge in [0.25, 0.3) is 0 Å². The average Bonchev–Trinajstić information content (AvgIpc) is 3.57. The molecule has 1 N–H and O–H groups in total. The summed E-state index contributed by atoms with van der Waals surface area (Å²) in [6.07, 6.45) is 5.92. The van der Waals surface area contributed by atoms with Gasteiger partial charge in [-0.3, -0.25) is 14.3 Å². The Morgan fingerprint density at radius 2 is 2.03 bits per heavy atom. The highest BCUT2D eigenvalue weighted by molar-refractivity contribution is 5.94. The van der Waals surface area contributed by atoms with Gasteiger partial charge in [-0.1, -0.05) is 17.6 Å². The smallest absolute Gasteiger partial charge is 0.223 e. The number of nitrogens with zero attached hydrogens (tertiary/aromatic N) is 5. The number of aromatic nitrogens is 4. The first-order valence-electron chi connectivity index (χ1n) is 13.2. The number of anilines is 1. The van der Waals surface area contributed by atoms with E-state index in [4.69, 9.17) is 14.2 Å². The molecule has 0 unspecified atom stereocenters. The Morgan fingerprint density at radius 1 is 1.14 bits per heavy atom. The zero-order valence-electron chi connectivity index (χ0n) is 21.1. The Kier molecular flexibility index (Phi) is 5.19. The molecule has 5 heterocycles. The Balaban J connectivity index is 1.32. The molecule has 2 fully saturated rings. The molecule has 1 aromatic carbocycles. The Hall–Kier alpha value is -3.88. The molecule has 1 saturated heterocycles. The van der Waals surface area contributed by atoms with Crippen molar-refractivity contribution in [1.29, 1.82) is 0 Å². The van der Waals surface area contributed by atoms with Gasteiger partial charge in [0, 0.05) is 36.8 Å². The quantitative estimate of drug-likeness (QED) is 0.441. The Morgan fingerprint density at radius 3 is 2.76 bits per heavy atom. The van der Waals surface area contributed by atoms with Crippen molar-refractivity contribution >= 4 is 22.9 Å². The van der Waals surface area contributed by atoms with Gasteiger partial charge in [0.1, 0.15) is 23.9 Å². The molecule has 3 aromatic heterocycles. The van der Waals surface area contributed by atoms with Gasteiger partial charge in [0.15, 0.2) is 5.75 Å². The fourth-order valence-electron chi connectivity index (χ4n) is 5.95. The van der Waals surface area contributed by atoms with E-state index in [0.717, 1.165) is 89.8 Å². The number of ether oxygens (including phenoxy) is 1. The van der Waals surface area contributed by atoms with Crippen molar-refractivity contribution in [3.63, 3.8) is 0 Å². The zero-order chi connectivity index (χ0) is 25.1. The summed E-state index contributed by atoms with van der Waals surface area (Å²) in [6.45, 7) is 5.90. The van der Waals surface area contributed by atoms with Crippen LogP contribution in [-0.2, 0) is 4.79 Å². The van der Waals surface area contributed by atoms with E-state index < -0.39 is 0 Å². The lowest BCUT2D eigenvalue weighted by Crippen LogP contribution is -2.42. The molecular formula is C28H30N6O3. The second-order valence-electron chi connectivity index (χ2n) is 10.4. The van der Waals surface area contributed by atoms with Crippen LogP contribution in [0.1, 0.15) is 48.9 Å². The maximum absolute atomic E-state index is 12.6. The second-order valence-corrected chi connectivity index (χ2v) is 10.4. The molecule has 2 atom stereocenters. The summed E-state index contributed by atoms with van der Waals surface area (Å²) >= 11 is 0. The molecule has 0 spiro atoms. The number of hydrogen-bond acceptors (Lipinski definition) is 7. The monoisotopic (exact) mass is 498 g/mol. The van der Waals surface area contributed by atoms with E-state index in [1.54, 1.807) is 0 Å². The molecule has 2 aliphatic heterocycles. The standard InChI is InChI=1S/C28H30N6O3/c1-16-24(17(2)37-32-16)20-9-10-22-25-26(20)36-15-23(21-8-3-4-12-29-21)34(25)28(31-22)33-13-11-19(14-33)30-27(35)18-6-5-7-18/h3-4,8-10,12,18-19,23H,5-7,11,13-15H2,1-2H3,(H,30,35)/t19-,23-/m1/s1. The number of hydrogen-bond donors (Lipinski definition) is 1. The van der Waals surface area contributed by atoms with Gasteiger partial charge in [0.2, 0.25) is 11.9 Å². The molecule has 0 radical (unpaired) electrons. The normalized spacial score (nSPS) is 21.2. The number of carbonyl (C=O) groups is 1. The van der Waals surface area contributed by atoms with Crippen molar-refractivity contribution < 1.29 is 14.1 Å². The van der Waals surface area contributed by atoms with Gasteiger partial charge >= 0.3 is 0 Å². The summed E-state index contributed by atoms with van der Waals surface area (Å²) in [5, 5.41) is 7.46. The number of amides is 1. The van der Waals surface area contributed by atoms with Crippen LogP contribution in [0.2, 0.25) is 0 Å². The highest BCUT2D eigenvalue weighted by Gasteiger charge is 2.36. The van der Waals surface area contributed by atoms with Gasteiger partial charge in [-0.15, -0.1) is 0 Å². The van der Waals surface area contributed by atoms with Gasteiger partial charge < -0.3 is 19.5 Å². The minimum absolute atomic E-state index is 0.114. The fraction of sp³-hybridized carbons (Fsp3) is 0.429. The van der Waals surface area contributed by atoms with Crippen molar-refractivity contribution in [2.24, 2.45) is 5.92 Å². The lowest BCUT2D eigenvalue weighted by molar-refractivity contribution is -0.127. The second kappa shape index (κ2) is 8.61. The van der Waals surface area contributed by atoms with Crippen molar-refractivity contribution in [1.82, 2.24) is 25.0 Å². The lowest BCUT2D eigenvalue weighted by Gasteiger charge is -2.30. The number of benzene rings is 1. The summed E-state index contributed by atoms with van der Waals surface area (Å²) in [4.78, 5) is 24.7. The molecule has 0 bridgehead atoms. The first-order valence-corrected chi connectivity index (χ1v) is 13.2. The summed E-state index contributed by atoms with van der Waals surface area (Å²) in [5.41, 5.74) is 5.52. The summed E-state index contributed by atoms with van der Waals surface area (Å²) in [6, 6.07) is 10.1. The van der Waals surface area contributed by atoms with Gasteiger partial charge in [-0.05, 0) is 57.4 Å². The van der Waals surface area contributed by atoms with E-state index in [1.165, 1.54) is 0 Å². The lowest BCUT2D eigenvalue weighted by atomic mass is 9.84. The Labute approximate surface area is 214 Å². The third kappa shape index (κ3) is 3.59. The van der Waals surface area contributed by atoms with Gasteiger partial charge in [-0.2, -0.15) is 0 Å². The van der Waals surface area contributed by atoms with Crippen LogP contribution in [0.15, 0.2) is 41.1 Å². The fourth-order valence-corrected chi connectivity index (χ4v) is 5.95. The molecule has 4 aromatic rings. The topological polar surface area (TPSA) is 98.3 Å². The first kappa shape index (κ1) is 22.3. The maximum Gasteiger partial charge on any atom is 0.223 e. The highest BCUT2D eigenvalue weighted by Crippen LogP contribution is 2.46. The molecule has 1 aliphatic carbocycles. The van der Waals surface area contributed by atoms with Crippen LogP contribution in [0.5, 0.6) is 5.75 Å². The molecule has 190 valence electrons. The molecule has 1 amide bonds. The van der Waals surface area contributed by atoms with E-state index in [2.05, 4.69) is 37.1 Å². The largest absolute Gasteiger partial charge is 0.488 e. The third-order valence-corrected chi connectivity index (χ3v) is 8.11. The minimum Gasteiger partial charge on any atom is -0.488 e. The highest BCUT2D eigenvalue weighted by atomic mass is 16.5. The number of rotatable bonds is 5. The van der Waals surface area contributed by atoms with Crippen LogP contribution < -0.4 is 15.0 Å². The molecular weight excluding hydrogens is 468 g/mol. The molecule has 9 nitrogen and oxygen atoms in total. The van der Waals surface area contributed by atoms with Crippen LogP contribution in [0.3, 0.4) is 0 Å². The summed E-state index contributed by atoms with van der Waals surface area (Å²) in [5.74, 6) is 2.86. The predicted octanol–water partition coefficient (Wildman–Crippen LogP) is 4.18. The number of aryl methyl sites for hydroxylation is 2. The number of imidazole rings is 1. The molecule has 1 saturated carbocycles. The molecule has 7 rings (SSSR count). The van der Waals surface area contributed by atoms with E-state index in [0.29, 0.717) is 6.61 Å². The van der Waals surface area contributed by atoms with E-state index >= 15 is 0 Å². The van der Waals surface area contributed by atoms with Crippen LogP contribution in [0.4, 0.5) is 5.95 Å². The SMILES string of the molecule is Cc1noc(C)c1-c1ccc2nc(N3CC[C@@H](NC(=O)C4CCC4)C3)n3c2c1OC[C@@H]3c1ccccn1. The van der Waals surface area contributed by atoms with E-state index in [9.17, 15) is 4.79 Å². The van der Waals surface area contributed by atoms with Gasteiger partial charge in [0.05, 0.1) is 22.5 Å². The van der Waals surface area contributed by atoms with E-state index in [-0.39, 0.29) is 23.9 Å². The summed E-state index contributed by atoms with van der Waals surface area (Å²) < 4.78 is 14.2. The van der Waals surface area contributed by atoms with Crippen LogP contribution >= 0.6 is 0 Å². The average molecular weight is 499 g/mol. The van der Waals surface area contributed by atoms with Crippen molar-refractivity contribution in [2.75, 3.05) is 24.6 Å². The Bertz CT molecular complexity index is 1470. The molecule has 37 heavy (non-hydrogen) atoms. The minimum atomic E-state index is -0.114. The third-order valence-electron chi connectivity index (χ3n) is 8.11. The zero-order valence-corrected chi connectivity index (χ0v) is 21.1. The van der Waals surface area contributed by atoms with Crippen molar-refractivity contribution in [3.8, 4) is 16.9 Å². The van der Waals surface area contributed by atoms with Crippen molar-refractivity contribution in [2.45, 2.75) is 51.6 Å². The van der Waals surface area contributed by atoms with Crippen LogP contribution in [0, 0.1) is 19.8 Å². The number of nitrogens with one attached hydrogen (secondary N) is 1. The first-order chi connectivity index (χ1) is 18.1. The van der Waals surface area contributed by atoms with Crippen LogP contribution in [0.25, 0.3) is 22.2 Å². The van der Waals surface area contributed by atoms with Crippen LogP contribution in [-0.4, -0.2) is 51.3 Å². The predicted molar refractivity (Wildman–Crippen MR) is 139 cm³/mol. The van der Waals surface area contributed by atoms with E-state index in [1.807, 2.05) is 38.2 Å².